The van der Waals surface area contributed by atoms with Gasteiger partial charge >= 0.3 is 11.9 Å². The summed E-state index contributed by atoms with van der Waals surface area (Å²) in [6, 6.07) is 48.0. The van der Waals surface area contributed by atoms with Gasteiger partial charge in [0.05, 0.1) is 78.8 Å². The molecule has 2 aliphatic rings. The summed E-state index contributed by atoms with van der Waals surface area (Å²) in [4.78, 5) is 70.0. The number of hydrogen-bond donors (Lipinski definition) is 9. The summed E-state index contributed by atoms with van der Waals surface area (Å²) in [5, 5.41) is 56.6. The molecule has 0 spiro atoms. The second-order valence-corrected chi connectivity index (χ2v) is 34.1. The number of nitrogens with two attached hydrogens (primary N) is 1. The van der Waals surface area contributed by atoms with E-state index in [1.807, 2.05) is 76.2 Å². The number of halogens is 4. The van der Waals surface area contributed by atoms with Crippen molar-refractivity contribution in [2.45, 2.75) is 116 Å². The number of ketones is 2. The molecule has 648 valence electrons. The molecule has 3 unspecified atom stereocenters. The number of carbonyl (C=O) groups is 5. The molecule has 1 saturated heterocycles. The molecule has 4 heterocycles. The second kappa shape index (κ2) is 43.3. The van der Waals surface area contributed by atoms with Crippen molar-refractivity contribution >= 4 is 219 Å². The van der Waals surface area contributed by atoms with Gasteiger partial charge in [0.25, 0.3) is 36.3 Å². The number of benzene rings is 9. The maximum Gasteiger partial charge on any atom is 0.355 e. The first-order valence-electron chi connectivity index (χ1n) is 34.3. The zero-order valence-electron chi connectivity index (χ0n) is 61.7. The molecule has 30 nitrogen and oxygen atoms in total. The van der Waals surface area contributed by atoms with Crippen LogP contribution in [-0.4, -0.2) is 151 Å². The molecule has 3 aromatic heterocycles. The minimum Gasteiger partial charge on any atom is -0.504 e. The number of carbonyl (C=O) groups excluding carboxylic acids is 4. The highest BCUT2D eigenvalue weighted by atomic mass is 127. The number of aromatic nitrogens is 3. The van der Waals surface area contributed by atoms with Crippen molar-refractivity contribution < 1.29 is 87.8 Å². The van der Waals surface area contributed by atoms with E-state index < -0.39 is 79.8 Å². The van der Waals surface area contributed by atoms with Crippen LogP contribution in [0, 0.1) is 3.57 Å². The number of rotatable bonds is 15. The van der Waals surface area contributed by atoms with Gasteiger partial charge < -0.3 is 41.3 Å². The fraction of sp³-hybridized carbons (Fsp3) is 0.224. The third-order valence-corrected chi connectivity index (χ3v) is 24.7. The molecule has 1 fully saturated rings. The molecule has 0 saturated carbocycles. The number of esters is 1. The van der Waals surface area contributed by atoms with E-state index in [4.69, 9.17) is 31.9 Å². The van der Waals surface area contributed by atoms with E-state index >= 15 is 0 Å². The Balaban J connectivity index is 0.000000367. The maximum atomic E-state index is 12.9. The molecule has 0 bridgehead atoms. The lowest BCUT2D eigenvalue weighted by molar-refractivity contribution is -0.231. The Morgan fingerprint density at radius 2 is 1.23 bits per heavy atom. The fourth-order valence-corrected chi connectivity index (χ4v) is 16.3. The molecular formula is C85H93Br2ClIN11O19S3. The zero-order chi connectivity index (χ0) is 84.5. The number of pyridine rings is 3. The Morgan fingerprint density at radius 3 is 1.84 bits per heavy atom. The van der Waals surface area contributed by atoms with E-state index in [9.17, 15) is 73.2 Å². The van der Waals surface area contributed by atoms with E-state index in [1.54, 1.807) is 87.0 Å². The summed E-state index contributed by atoms with van der Waals surface area (Å²) in [7, 11) is -12.7. The van der Waals surface area contributed by atoms with Gasteiger partial charge in [0.15, 0.2) is 29.1 Å². The van der Waals surface area contributed by atoms with E-state index in [-0.39, 0.29) is 123 Å². The Bertz CT molecular complexity index is 6310. The topological polar surface area (TPSA) is 469 Å². The first kappa shape index (κ1) is 104. The van der Waals surface area contributed by atoms with E-state index in [0.717, 1.165) is 59.7 Å². The average Bonchev–Trinajstić information content (AvgIpc) is 0.744. The molecule has 37 heteroatoms. The lowest BCUT2D eigenvalue weighted by atomic mass is 9.81. The molecule has 3 atom stereocenters. The number of hydroxylamine groups is 2. The summed E-state index contributed by atoms with van der Waals surface area (Å²) in [6.07, 6.45) is 4.17. The predicted molar refractivity (Wildman–Crippen MR) is 495 cm³/mol. The smallest absolute Gasteiger partial charge is 0.355 e. The SMILES string of the molecule is C.C.C.C.C.C.CC1(C)C(Br)C(=O)C(Br)C(C)(C)N1O.CCOC(=O)CNc1c2ccc(Cl)cc2nc2ccc(OC)cc12.Nc1cc(I)c2cccnc2c1O.O=C(Nc1ccc(N=Nc2ccc3cc(S(=O)(=O)O)cc(S(=O)(=O)O)c3c2)cc1)c1ccc(N=NC2C=C(S(=O)(=O)O)c3ccccc3C2=O)cc1.O=C(O)c1nccc2ccccc12. The number of hydrogen-bond acceptors (Lipinski definition) is 25. The highest BCUT2D eigenvalue weighted by Crippen LogP contribution is 2.43. The first-order chi connectivity index (χ1) is 54.7. The zero-order valence-corrected chi connectivity index (χ0v) is 70.2. The van der Waals surface area contributed by atoms with Crippen LogP contribution in [0.2, 0.25) is 5.02 Å². The third kappa shape index (κ3) is 24.4. The Kier molecular flexibility index (Phi) is 36.8. The number of methoxy groups -OCH3 is 1. The van der Waals surface area contributed by atoms with Crippen LogP contribution in [0.15, 0.2) is 237 Å². The van der Waals surface area contributed by atoms with E-state index in [2.05, 4.69) is 100 Å². The number of nitrogens with zero attached hydrogens (tertiary/aromatic N) is 8. The Labute approximate surface area is 742 Å². The quantitative estimate of drug-likeness (QED) is 0.00673. The number of carboxylic acids is 1. The highest BCUT2D eigenvalue weighted by Gasteiger charge is 2.55. The molecule has 9 aromatic carbocycles. The first-order valence-corrected chi connectivity index (χ1v) is 41.9. The summed E-state index contributed by atoms with van der Waals surface area (Å²) in [5.41, 5.74) is 9.38. The normalized spacial score (nSPS) is 15.1. The number of aromatic carboxylic acids is 1. The number of alkyl halides is 2. The number of Topliss-reactive ketones (excluding diaryl/α,β-unsaturated/α-hetero) is 2. The second-order valence-electron chi connectivity index (χ2n) is 26.4. The van der Waals surface area contributed by atoms with Crippen LogP contribution in [-0.2, 0) is 44.7 Å². The number of carboxylic acid groups (broad SMARTS) is 1. The number of ether oxygens (including phenoxy) is 2. The summed E-state index contributed by atoms with van der Waals surface area (Å²) in [6.45, 7) is 9.55. The van der Waals surface area contributed by atoms with Crippen molar-refractivity contribution in [3.8, 4) is 11.5 Å². The van der Waals surface area contributed by atoms with Gasteiger partial charge in [0, 0.05) is 70.3 Å². The predicted octanol–water partition coefficient (Wildman–Crippen LogP) is 20.8. The summed E-state index contributed by atoms with van der Waals surface area (Å²) >= 11 is 14.9. The summed E-state index contributed by atoms with van der Waals surface area (Å²) in [5.74, 6) is -1.42. The van der Waals surface area contributed by atoms with Gasteiger partial charge in [-0.25, -0.2) is 14.8 Å². The maximum absolute atomic E-state index is 12.9. The minimum absolute atomic E-state index is 0. The average molecular weight is 1990 g/mol. The third-order valence-electron chi connectivity index (χ3n) is 17.8. The van der Waals surface area contributed by atoms with E-state index in [1.165, 1.54) is 71.9 Å². The number of nitrogen functional groups attached to an aromatic ring is 1. The number of nitrogens with one attached hydrogen (secondary N) is 2. The standard InChI is InChI=1S/C33H23N5O11S3.C18H17ClN2O3.C10H7NO2.C9H15Br2NO2.C9H7IN2O.6CH4/c39-32-27-4-2-1-3-26(27)31(52(47,48)49)18-29(32)38-36-22-8-5-19(6-9-22)33(40)34-21-11-13-23(14-12-21)35-37-24-10-7-20-15-25(50(41,42)43)17-30(28(20)16-24)51(44,45)46;1-3-24-17(22)10-20-18-13-6-4-11(19)8-16(13)21-15-7-5-12(23-2)9-14(15)18;12-10(13)9-8-4-2-1-3-7(8)5-6-11-9;1-8(2)6(10)5(13)7(11)9(3,4)12(8)14;10-6-4-7(11)9(13)8-5(6)2-1-3-12-8;;;;;;/h1-18,29H,(H,34,40)(H,41,42,43)(H,44,45,46)(H,47,48,49);4-9H,3,10H2,1-2H3,(H,20,21);1-6H,(H,12,13);6-7,14H,1-4H3;1-4,13H,11H2;6*1H4. The largest absolute Gasteiger partial charge is 0.504 e. The van der Waals surface area contributed by atoms with E-state index in [0.29, 0.717) is 45.7 Å². The molecule has 12 aromatic rings. The van der Waals surface area contributed by atoms with Gasteiger partial charge in [-0.2, -0.15) is 50.8 Å². The Morgan fingerprint density at radius 1 is 0.631 bits per heavy atom. The van der Waals surface area contributed by atoms with Crippen LogP contribution < -0.4 is 21.1 Å². The van der Waals surface area contributed by atoms with Gasteiger partial charge in [-0.05, 0) is 201 Å². The van der Waals surface area contributed by atoms with Gasteiger partial charge in [0.1, 0.15) is 27.6 Å². The Hall–Kier alpha value is -10.8. The molecule has 10 N–H and O–H groups in total. The lowest BCUT2D eigenvalue weighted by Gasteiger charge is -2.52. The van der Waals surface area contributed by atoms with Crippen LogP contribution in [0.4, 0.5) is 34.1 Å². The molecule has 1 aliphatic heterocycles. The molecule has 14 rings (SSSR count). The van der Waals surface area contributed by atoms with Gasteiger partial charge in [-0.3, -0.25) is 37.8 Å². The number of fused-ring (bicyclic) bond motifs is 6. The van der Waals surface area contributed by atoms with Crippen molar-refractivity contribution in [2.75, 3.05) is 36.6 Å². The van der Waals surface area contributed by atoms with Crippen LogP contribution >= 0.6 is 66.1 Å². The van der Waals surface area contributed by atoms with Gasteiger partial charge in [0.2, 0.25) is 0 Å². The van der Waals surface area contributed by atoms with Crippen LogP contribution in [0.1, 0.15) is 116 Å². The lowest BCUT2D eigenvalue weighted by Crippen LogP contribution is -2.69. The van der Waals surface area contributed by atoms with Crippen molar-refractivity contribution in [3.05, 3.63) is 238 Å². The van der Waals surface area contributed by atoms with Crippen molar-refractivity contribution in [1.29, 1.82) is 0 Å². The summed E-state index contributed by atoms with van der Waals surface area (Å²) < 4.78 is 111. The van der Waals surface area contributed by atoms with Crippen molar-refractivity contribution in [3.63, 3.8) is 0 Å². The van der Waals surface area contributed by atoms with Crippen LogP contribution in [0.5, 0.6) is 11.5 Å². The number of amides is 1. The number of aromatic hydroxyl groups is 1. The number of anilines is 3. The number of azo groups is 2. The minimum atomic E-state index is -4.88. The van der Waals surface area contributed by atoms with Crippen LogP contribution in [0.3, 0.4) is 0 Å². The molecule has 1 aliphatic carbocycles. The molecule has 0 radical (unpaired) electrons. The van der Waals surface area contributed by atoms with Crippen molar-refractivity contribution in [2.24, 2.45) is 20.5 Å². The monoisotopic (exact) mass is 1990 g/mol. The van der Waals surface area contributed by atoms with Gasteiger partial charge in [-0.1, -0.05) is 149 Å². The van der Waals surface area contributed by atoms with Crippen molar-refractivity contribution in [1.82, 2.24) is 20.0 Å². The molecular weight excluding hydrogens is 1900 g/mol. The fourth-order valence-electron chi connectivity index (χ4n) is 12.0. The van der Waals surface area contributed by atoms with Gasteiger partial charge in [-0.15, -0.1) is 0 Å². The number of phenols is 1. The molecule has 122 heavy (non-hydrogen) atoms. The number of piperidine rings is 1. The molecule has 1 amide bonds. The highest BCUT2D eigenvalue weighted by molar-refractivity contribution is 14.1. The van der Waals surface area contributed by atoms with Crippen LogP contribution in [0.25, 0.3) is 59.2 Å². The number of phenolic OH excluding ortho intramolecular Hbond substituents is 1.